The van der Waals surface area contributed by atoms with Crippen molar-refractivity contribution in [3.63, 3.8) is 0 Å². The van der Waals surface area contributed by atoms with E-state index in [1.807, 2.05) is 0 Å². The molecule has 2 fully saturated rings. The minimum atomic E-state index is -1.73. The van der Waals surface area contributed by atoms with E-state index in [1.54, 1.807) is 0 Å². The zero-order valence-corrected chi connectivity index (χ0v) is 26.8. The number of nitrogens with one attached hydrogen (secondary N) is 2. The van der Waals surface area contributed by atoms with Crippen molar-refractivity contribution in [1.82, 2.24) is 15.5 Å². The number of unbranched alkanes of at least 4 members (excludes halogenated alkanes) is 2. The lowest BCUT2D eigenvalue weighted by Crippen LogP contribution is -2.60. The van der Waals surface area contributed by atoms with Crippen molar-refractivity contribution in [2.75, 3.05) is 52.6 Å². The molecule has 0 spiro atoms. The summed E-state index contributed by atoms with van der Waals surface area (Å²) >= 11 is 0. The average Bonchev–Trinajstić information content (AvgIpc) is 3.00. The molecule has 0 saturated carbocycles. The first-order valence-corrected chi connectivity index (χ1v) is 15.7. The van der Waals surface area contributed by atoms with Gasteiger partial charge in [0.15, 0.2) is 12.6 Å². The number of ketones is 2. The number of rotatable bonds is 21. The van der Waals surface area contributed by atoms with Crippen LogP contribution in [-0.2, 0) is 38.1 Å². The fourth-order valence-electron chi connectivity index (χ4n) is 5.05. The van der Waals surface area contributed by atoms with Crippen LogP contribution < -0.4 is 10.6 Å². The first kappa shape index (κ1) is 41.0. The molecule has 0 aromatic carbocycles. The Labute approximate surface area is 272 Å². The summed E-state index contributed by atoms with van der Waals surface area (Å²) in [4.78, 5) is 49.9. The van der Waals surface area contributed by atoms with Gasteiger partial charge in [-0.05, 0) is 26.7 Å². The Bertz CT molecular complexity index is 989. The van der Waals surface area contributed by atoms with Crippen molar-refractivity contribution in [1.29, 1.82) is 0 Å². The van der Waals surface area contributed by atoms with Crippen molar-refractivity contribution in [2.45, 2.75) is 107 Å². The molecular weight excluding hydrogens is 630 g/mol. The van der Waals surface area contributed by atoms with E-state index in [4.69, 9.17) is 18.9 Å². The maximum Gasteiger partial charge on any atom is 0.234 e. The van der Waals surface area contributed by atoms with Gasteiger partial charge in [-0.1, -0.05) is 6.42 Å². The van der Waals surface area contributed by atoms with E-state index in [0.717, 1.165) is 6.42 Å². The number of aliphatic hydroxyl groups is 7. The molecule has 2 amide bonds. The Kier molecular flexibility index (Phi) is 18.3. The highest BCUT2D eigenvalue weighted by atomic mass is 16.7. The summed E-state index contributed by atoms with van der Waals surface area (Å²) in [6.07, 6.45) is -10.3. The summed E-state index contributed by atoms with van der Waals surface area (Å²) in [5.74, 6) is -1.30. The Morgan fingerprint density at radius 1 is 0.766 bits per heavy atom. The number of nitrogens with zero attached hydrogens (tertiary/aromatic N) is 1. The summed E-state index contributed by atoms with van der Waals surface area (Å²) in [6.45, 7) is 0.262. The molecule has 18 heteroatoms. The van der Waals surface area contributed by atoms with Crippen LogP contribution in [0.15, 0.2) is 0 Å². The molecule has 0 aromatic heterocycles. The first-order chi connectivity index (χ1) is 22.2. The van der Waals surface area contributed by atoms with Gasteiger partial charge in [0, 0.05) is 19.4 Å². The van der Waals surface area contributed by atoms with Gasteiger partial charge in [-0.3, -0.25) is 19.3 Å². The number of hydrogen-bond donors (Lipinski definition) is 9. The van der Waals surface area contributed by atoms with Crippen molar-refractivity contribution in [3.05, 3.63) is 0 Å². The third kappa shape index (κ3) is 14.4. The Morgan fingerprint density at radius 3 is 2.00 bits per heavy atom. The van der Waals surface area contributed by atoms with E-state index in [9.17, 15) is 54.9 Å². The van der Waals surface area contributed by atoms with Gasteiger partial charge in [0.2, 0.25) is 11.8 Å². The normalized spacial score (nSPS) is 30.1. The van der Waals surface area contributed by atoms with Gasteiger partial charge in [0.05, 0.1) is 64.3 Å². The minimum absolute atomic E-state index is 0.0443. The summed E-state index contributed by atoms with van der Waals surface area (Å²) in [5, 5.41) is 75.1. The number of ether oxygens (including phenoxy) is 4. The van der Waals surface area contributed by atoms with E-state index in [0.29, 0.717) is 25.8 Å². The number of amides is 2. The monoisotopic (exact) mass is 681 g/mol. The summed E-state index contributed by atoms with van der Waals surface area (Å²) in [7, 11) is 0. The highest BCUT2D eigenvalue weighted by Crippen LogP contribution is 2.23. The summed E-state index contributed by atoms with van der Waals surface area (Å²) < 4.78 is 22.0. The lowest BCUT2D eigenvalue weighted by atomic mass is 9.99. The molecule has 272 valence electrons. The van der Waals surface area contributed by atoms with Gasteiger partial charge in [0.1, 0.15) is 42.1 Å². The highest BCUT2D eigenvalue weighted by molar-refractivity contribution is 5.84. The molecule has 0 aliphatic carbocycles. The molecule has 2 rings (SSSR count). The van der Waals surface area contributed by atoms with E-state index in [1.165, 1.54) is 18.7 Å². The maximum absolute atomic E-state index is 13.1. The average molecular weight is 682 g/mol. The van der Waals surface area contributed by atoms with E-state index >= 15 is 0 Å². The van der Waals surface area contributed by atoms with Crippen molar-refractivity contribution in [2.24, 2.45) is 0 Å². The largest absolute Gasteiger partial charge is 0.394 e. The number of aliphatic hydroxyl groups excluding tert-OH is 7. The topological polar surface area (TPSA) is 274 Å². The van der Waals surface area contributed by atoms with Crippen LogP contribution in [0.1, 0.15) is 46.0 Å². The Hall–Kier alpha value is -2.20. The van der Waals surface area contributed by atoms with Crippen LogP contribution >= 0.6 is 0 Å². The lowest BCUT2D eigenvalue weighted by Gasteiger charge is -2.40. The summed E-state index contributed by atoms with van der Waals surface area (Å²) in [5.41, 5.74) is 0. The molecular formula is C29H51N3O15. The van der Waals surface area contributed by atoms with Crippen LogP contribution in [0.3, 0.4) is 0 Å². The van der Waals surface area contributed by atoms with Crippen LogP contribution in [0.25, 0.3) is 0 Å². The van der Waals surface area contributed by atoms with Crippen molar-refractivity contribution >= 4 is 23.4 Å². The molecule has 10 atom stereocenters. The van der Waals surface area contributed by atoms with Gasteiger partial charge in [-0.15, -0.1) is 0 Å². The van der Waals surface area contributed by atoms with Crippen LogP contribution in [0, 0.1) is 0 Å². The fraction of sp³-hybridized carbons (Fsp3) is 0.862. The second-order valence-electron chi connectivity index (χ2n) is 11.9. The van der Waals surface area contributed by atoms with Gasteiger partial charge in [-0.2, -0.15) is 0 Å². The molecule has 2 heterocycles. The maximum atomic E-state index is 13.1. The van der Waals surface area contributed by atoms with Crippen molar-refractivity contribution in [3.8, 4) is 0 Å². The third-order valence-corrected chi connectivity index (χ3v) is 7.55. The van der Waals surface area contributed by atoms with Crippen molar-refractivity contribution < 1.29 is 73.9 Å². The SMILES string of the molecule is CC(=O)CCCCCNC(=O)CN(CC(C)=O)CC(=O)NC(CO[C@H]1O[C@H](CO)[C@@H](O)[C@H](O)[C@@H]1O)CO[C@H]1O[C@H](CO)C[C@H](O)[C@@H]1O. The molecule has 2 saturated heterocycles. The lowest BCUT2D eigenvalue weighted by molar-refractivity contribution is -0.304. The standard InChI is InChI=1S/C29H51N3O15/c1-16(35)6-4-3-5-7-30-22(38)10-32(9-17(2)36)11-23(39)31-18(14-44-28-24(40)20(37)8-19(12-33)46-28)15-45-29-27(43)26(42)25(41)21(13-34)47-29/h18-21,24-29,33-34,37,40-43H,3-15H2,1-2H3,(H,30,38)(H,31,39)/t18?,19-,20-,21+,24-,25+,26-,27-,28-,29-/m0/s1. The molecule has 9 N–H and O–H groups in total. The van der Waals surface area contributed by atoms with Crippen LogP contribution in [0.2, 0.25) is 0 Å². The molecule has 0 bridgehead atoms. The van der Waals surface area contributed by atoms with Crippen LogP contribution in [0.4, 0.5) is 0 Å². The second-order valence-corrected chi connectivity index (χ2v) is 11.9. The van der Waals surface area contributed by atoms with Gasteiger partial charge < -0.3 is 70.1 Å². The minimum Gasteiger partial charge on any atom is -0.394 e. The second kappa shape index (κ2) is 21.0. The molecule has 47 heavy (non-hydrogen) atoms. The molecule has 0 aromatic rings. The Morgan fingerprint density at radius 2 is 1.40 bits per heavy atom. The Balaban J connectivity index is 2.04. The molecule has 2 aliphatic heterocycles. The smallest absolute Gasteiger partial charge is 0.234 e. The zero-order chi connectivity index (χ0) is 35.1. The number of carbonyl (C=O) groups is 4. The molecule has 1 unspecified atom stereocenters. The van der Waals surface area contributed by atoms with Gasteiger partial charge in [0.25, 0.3) is 0 Å². The third-order valence-electron chi connectivity index (χ3n) is 7.55. The highest BCUT2D eigenvalue weighted by Gasteiger charge is 2.44. The van der Waals surface area contributed by atoms with E-state index in [2.05, 4.69) is 10.6 Å². The zero-order valence-electron chi connectivity index (χ0n) is 26.8. The van der Waals surface area contributed by atoms with E-state index < -0.39 is 106 Å². The predicted molar refractivity (Wildman–Crippen MR) is 159 cm³/mol. The van der Waals surface area contributed by atoms with Gasteiger partial charge >= 0.3 is 0 Å². The van der Waals surface area contributed by atoms with E-state index in [-0.39, 0.29) is 31.1 Å². The van der Waals surface area contributed by atoms with Crippen LogP contribution in [0.5, 0.6) is 0 Å². The number of hydrogen-bond acceptors (Lipinski definition) is 16. The number of carbonyl (C=O) groups excluding carboxylic acids is 4. The number of Topliss-reactive ketones (excluding diaryl/α,β-unsaturated/α-hetero) is 2. The predicted octanol–water partition coefficient (Wildman–Crippen LogP) is -4.71. The molecule has 18 nitrogen and oxygen atoms in total. The first-order valence-electron chi connectivity index (χ1n) is 15.7. The van der Waals surface area contributed by atoms with Gasteiger partial charge in [-0.25, -0.2) is 0 Å². The summed E-state index contributed by atoms with van der Waals surface area (Å²) in [6, 6.07) is -1.07. The quantitative estimate of drug-likeness (QED) is 0.0515. The molecule has 2 aliphatic rings. The van der Waals surface area contributed by atoms with Crippen LogP contribution in [-0.4, -0.2) is 178 Å². The fourth-order valence-corrected chi connectivity index (χ4v) is 5.05. The molecule has 0 radical (unpaired) electrons.